The minimum Gasteiger partial charge on any atom is -0.457 e. The van der Waals surface area contributed by atoms with Crippen LogP contribution in [0.3, 0.4) is 0 Å². The standard InChI is InChI=1S/C38H28N4O2/c39-27-13-21-31(22-14-27)43-29-17-9-25(10-18-29)37-33-5-1-3-7-35(33)41-38(34-6-2-4-8-36(34)42-37)26-11-19-30(20-12-26)44-32-23-15-28(40)16-24-32/h1-24H,39-40H2/b37-33?,38-34?,41-35?,41-38-,42-36?,42-37-. The van der Waals surface area contributed by atoms with Gasteiger partial charge in [0.05, 0.1) is 22.8 Å². The fourth-order valence-electron chi connectivity index (χ4n) is 5.05. The molecule has 4 N–H and O–H groups in total. The molecule has 6 aromatic rings. The van der Waals surface area contributed by atoms with Crippen molar-refractivity contribution in [3.05, 3.63) is 168 Å². The van der Waals surface area contributed by atoms with Gasteiger partial charge in [0.2, 0.25) is 0 Å². The first-order valence-corrected chi connectivity index (χ1v) is 14.2. The van der Waals surface area contributed by atoms with E-state index in [4.69, 9.17) is 30.9 Å². The van der Waals surface area contributed by atoms with Gasteiger partial charge in [-0.15, -0.1) is 0 Å². The van der Waals surface area contributed by atoms with Gasteiger partial charge in [-0.25, -0.2) is 9.98 Å². The molecule has 1 heterocycles. The third kappa shape index (κ3) is 5.65. The van der Waals surface area contributed by atoms with E-state index in [0.29, 0.717) is 11.4 Å². The zero-order valence-electron chi connectivity index (χ0n) is 23.7. The van der Waals surface area contributed by atoms with Gasteiger partial charge in [-0.05, 0) is 109 Å². The molecule has 0 spiro atoms. The van der Waals surface area contributed by atoms with Gasteiger partial charge >= 0.3 is 0 Å². The van der Waals surface area contributed by atoms with Crippen molar-refractivity contribution in [1.29, 1.82) is 0 Å². The lowest BCUT2D eigenvalue weighted by atomic mass is 9.96. The van der Waals surface area contributed by atoms with Crippen molar-refractivity contribution < 1.29 is 9.47 Å². The lowest BCUT2D eigenvalue weighted by Gasteiger charge is -2.18. The highest BCUT2D eigenvalue weighted by Gasteiger charge is 2.20. The van der Waals surface area contributed by atoms with E-state index < -0.39 is 0 Å². The van der Waals surface area contributed by atoms with Crippen molar-refractivity contribution >= 4 is 34.2 Å². The molecule has 6 heteroatoms. The maximum absolute atomic E-state index is 6.02. The third-order valence-electron chi connectivity index (χ3n) is 7.27. The Morgan fingerprint density at radius 2 is 0.682 bits per heavy atom. The van der Waals surface area contributed by atoms with Crippen LogP contribution >= 0.6 is 0 Å². The van der Waals surface area contributed by atoms with Crippen LogP contribution in [-0.4, -0.2) is 11.4 Å². The maximum Gasteiger partial charge on any atom is 0.127 e. The summed E-state index contributed by atoms with van der Waals surface area (Å²) in [6.45, 7) is 0. The molecule has 212 valence electrons. The number of benzene rings is 6. The molecular weight excluding hydrogens is 544 g/mol. The number of hydrogen-bond donors (Lipinski definition) is 2. The Labute approximate surface area is 255 Å². The topological polar surface area (TPSA) is 95.2 Å². The van der Waals surface area contributed by atoms with E-state index in [9.17, 15) is 0 Å². The van der Waals surface area contributed by atoms with Crippen LogP contribution in [0.2, 0.25) is 0 Å². The number of nitrogen functional groups attached to an aromatic ring is 2. The summed E-state index contributed by atoms with van der Waals surface area (Å²) in [7, 11) is 0. The lowest BCUT2D eigenvalue weighted by molar-refractivity contribution is 0.482. The van der Waals surface area contributed by atoms with Crippen LogP contribution in [0.25, 0.3) is 0 Å². The molecule has 0 atom stereocenters. The first kappa shape index (κ1) is 26.7. The average molecular weight is 573 g/mol. The van der Waals surface area contributed by atoms with Crippen LogP contribution in [-0.2, 0) is 0 Å². The first-order chi connectivity index (χ1) is 21.6. The highest BCUT2D eigenvalue weighted by Crippen LogP contribution is 2.34. The number of rotatable bonds is 6. The molecule has 1 aliphatic rings. The quantitative estimate of drug-likeness (QED) is 0.194. The number of nitrogens with zero attached hydrogens (tertiary/aromatic N) is 2. The van der Waals surface area contributed by atoms with Crippen molar-refractivity contribution in [2.45, 2.75) is 0 Å². The van der Waals surface area contributed by atoms with E-state index in [0.717, 1.165) is 68.0 Å². The Kier molecular flexibility index (Phi) is 7.06. The Morgan fingerprint density at radius 3 is 1.05 bits per heavy atom. The third-order valence-corrected chi connectivity index (χ3v) is 7.27. The number of hydrogen-bond acceptors (Lipinski definition) is 6. The van der Waals surface area contributed by atoms with Crippen LogP contribution in [0.5, 0.6) is 23.0 Å². The molecule has 6 nitrogen and oxygen atoms in total. The Morgan fingerprint density at radius 1 is 0.364 bits per heavy atom. The molecule has 44 heavy (non-hydrogen) atoms. The van der Waals surface area contributed by atoms with Crippen molar-refractivity contribution in [1.82, 2.24) is 0 Å². The zero-order chi connectivity index (χ0) is 29.9. The van der Waals surface area contributed by atoms with E-state index in [2.05, 4.69) is 12.1 Å². The Bertz CT molecular complexity index is 1850. The fourth-order valence-corrected chi connectivity index (χ4v) is 5.05. The highest BCUT2D eigenvalue weighted by atomic mass is 16.5. The van der Waals surface area contributed by atoms with Crippen LogP contribution in [0.15, 0.2) is 156 Å². The van der Waals surface area contributed by atoms with Gasteiger partial charge in [-0.1, -0.05) is 36.4 Å². The average Bonchev–Trinajstić information content (AvgIpc) is 3.05. The van der Waals surface area contributed by atoms with Crippen LogP contribution in [0, 0.1) is 0 Å². The Balaban J connectivity index is 1.24. The van der Waals surface area contributed by atoms with Gasteiger partial charge in [0, 0.05) is 33.6 Å². The van der Waals surface area contributed by atoms with Gasteiger partial charge in [0.1, 0.15) is 23.0 Å². The molecule has 1 aliphatic heterocycles. The molecule has 0 saturated heterocycles. The lowest BCUT2D eigenvalue weighted by Crippen LogP contribution is -2.10. The molecule has 6 aromatic carbocycles. The van der Waals surface area contributed by atoms with Gasteiger partial charge in [-0.3, -0.25) is 0 Å². The van der Waals surface area contributed by atoms with E-state index >= 15 is 0 Å². The molecule has 0 unspecified atom stereocenters. The van der Waals surface area contributed by atoms with E-state index in [-0.39, 0.29) is 0 Å². The monoisotopic (exact) mass is 572 g/mol. The molecular formula is C38H28N4O2. The molecule has 0 bridgehead atoms. The van der Waals surface area contributed by atoms with E-state index in [1.54, 1.807) is 0 Å². The predicted octanol–water partition coefficient (Wildman–Crippen LogP) is 9.09. The Hall–Kier alpha value is -6.14. The summed E-state index contributed by atoms with van der Waals surface area (Å²) in [5, 5.41) is 0. The number of nitrogens with two attached hydrogens (primary N) is 2. The van der Waals surface area contributed by atoms with E-state index in [1.165, 1.54) is 0 Å². The van der Waals surface area contributed by atoms with Gasteiger partial charge < -0.3 is 20.9 Å². The molecule has 7 rings (SSSR count). The molecule has 0 aliphatic carbocycles. The summed E-state index contributed by atoms with van der Waals surface area (Å²) in [5.41, 5.74) is 20.1. The normalized spacial score (nSPS) is 14.5. The molecule has 0 radical (unpaired) electrons. The summed E-state index contributed by atoms with van der Waals surface area (Å²) in [6, 6.07) is 46.8. The summed E-state index contributed by atoms with van der Waals surface area (Å²) >= 11 is 0. The second-order valence-electron chi connectivity index (χ2n) is 10.3. The van der Waals surface area contributed by atoms with Crippen LogP contribution in [0.4, 0.5) is 22.7 Å². The summed E-state index contributed by atoms with van der Waals surface area (Å²) in [4.78, 5) is 10.5. The van der Waals surface area contributed by atoms with Gasteiger partial charge in [-0.2, -0.15) is 0 Å². The minimum absolute atomic E-state index is 0.695. The number of ether oxygens (including phenoxy) is 2. The maximum atomic E-state index is 6.02. The fraction of sp³-hybridized carbons (Fsp3) is 0. The first-order valence-electron chi connectivity index (χ1n) is 14.2. The number of aliphatic imine (C=N–C) groups is 2. The van der Waals surface area contributed by atoms with Crippen molar-refractivity contribution in [3.63, 3.8) is 0 Å². The second-order valence-corrected chi connectivity index (χ2v) is 10.3. The molecule has 0 fully saturated rings. The predicted molar refractivity (Wildman–Crippen MR) is 178 cm³/mol. The number of para-hydroxylation sites is 2. The molecule has 0 amide bonds. The van der Waals surface area contributed by atoms with Gasteiger partial charge in [0.25, 0.3) is 0 Å². The van der Waals surface area contributed by atoms with Crippen LogP contribution in [0.1, 0.15) is 22.3 Å². The number of anilines is 2. The summed E-state index contributed by atoms with van der Waals surface area (Å²) < 4.78 is 12.0. The summed E-state index contributed by atoms with van der Waals surface area (Å²) in [6.07, 6.45) is 0. The SMILES string of the molecule is Nc1ccc(Oc2ccc(/C3=N/c4ccccc4/C(c4ccc(Oc5ccc(N)cc5)cc4)=N\c4ccccc43)cc2)cc1. The van der Waals surface area contributed by atoms with Crippen molar-refractivity contribution in [2.75, 3.05) is 11.5 Å². The zero-order valence-corrected chi connectivity index (χ0v) is 23.7. The highest BCUT2D eigenvalue weighted by molar-refractivity contribution is 6.22. The number of fused-ring (bicyclic) bond motifs is 2. The van der Waals surface area contributed by atoms with E-state index in [1.807, 2.05) is 133 Å². The minimum atomic E-state index is 0.695. The summed E-state index contributed by atoms with van der Waals surface area (Å²) in [5.74, 6) is 2.90. The molecule has 0 saturated carbocycles. The second kappa shape index (κ2) is 11.6. The van der Waals surface area contributed by atoms with Crippen molar-refractivity contribution in [3.8, 4) is 23.0 Å². The molecule has 0 aromatic heterocycles. The van der Waals surface area contributed by atoms with Gasteiger partial charge in [0.15, 0.2) is 0 Å². The van der Waals surface area contributed by atoms with Crippen LogP contribution < -0.4 is 20.9 Å². The largest absolute Gasteiger partial charge is 0.457 e. The smallest absolute Gasteiger partial charge is 0.127 e. The van der Waals surface area contributed by atoms with Crippen molar-refractivity contribution in [2.24, 2.45) is 9.98 Å².